The maximum absolute atomic E-state index is 11.4. The van der Waals surface area contributed by atoms with Crippen LogP contribution in [0.1, 0.15) is 23.6 Å². The van der Waals surface area contributed by atoms with E-state index in [0.717, 1.165) is 22.4 Å². The maximum atomic E-state index is 11.4. The average molecular weight is 218 g/mol. The third-order valence-corrected chi connectivity index (χ3v) is 2.61. The Balaban J connectivity index is 3.02. The summed E-state index contributed by atoms with van der Waals surface area (Å²) in [6, 6.07) is 3.88. The van der Waals surface area contributed by atoms with Crippen LogP contribution in [0.25, 0.3) is 0 Å². The number of benzene rings is 1. The second-order valence-electron chi connectivity index (χ2n) is 3.73. The van der Waals surface area contributed by atoms with Crippen molar-refractivity contribution in [1.82, 2.24) is 0 Å². The van der Waals surface area contributed by atoms with Gasteiger partial charge in [-0.1, -0.05) is 12.1 Å². The van der Waals surface area contributed by atoms with E-state index in [1.807, 2.05) is 32.9 Å². The molecule has 0 bridgehead atoms. The summed E-state index contributed by atoms with van der Waals surface area (Å²) in [5.74, 6) is -0.113. The van der Waals surface area contributed by atoms with Gasteiger partial charge in [-0.3, -0.25) is 4.79 Å². The van der Waals surface area contributed by atoms with Gasteiger partial charge in [0.25, 0.3) is 0 Å². The van der Waals surface area contributed by atoms with Crippen molar-refractivity contribution in [1.29, 1.82) is 0 Å². The first-order chi connectivity index (χ1) is 7.60. The fourth-order valence-electron chi connectivity index (χ4n) is 1.67. The number of rotatable bonds is 3. The summed E-state index contributed by atoms with van der Waals surface area (Å²) in [6.45, 7) is 6.30. The van der Waals surface area contributed by atoms with Gasteiger partial charge in [-0.05, 0) is 49.6 Å². The van der Waals surface area contributed by atoms with Gasteiger partial charge in [0.05, 0.1) is 0 Å². The summed E-state index contributed by atoms with van der Waals surface area (Å²) in [6.07, 6.45) is 3.21. The molecule has 0 aliphatic carbocycles. The zero-order valence-electron chi connectivity index (χ0n) is 10.0. The Hall–Kier alpha value is -1.61. The van der Waals surface area contributed by atoms with Crippen LogP contribution in [0, 0.1) is 13.8 Å². The predicted octanol–water partition coefficient (Wildman–Crippen LogP) is 2.28. The second kappa shape index (κ2) is 5.47. The molecule has 86 valence electrons. The number of carbonyl (C=O) groups is 1. The lowest BCUT2D eigenvalue weighted by Crippen LogP contribution is -2.11. The van der Waals surface area contributed by atoms with Crippen molar-refractivity contribution in [3.8, 4) is 0 Å². The van der Waals surface area contributed by atoms with E-state index in [4.69, 9.17) is 5.73 Å². The maximum Gasteiger partial charge on any atom is 0.248 e. The van der Waals surface area contributed by atoms with Crippen LogP contribution in [0.4, 0.5) is 5.69 Å². The van der Waals surface area contributed by atoms with Crippen molar-refractivity contribution in [2.75, 3.05) is 5.32 Å². The fraction of sp³-hybridized carbons (Fsp3) is 0.308. The molecule has 0 radical (unpaired) electrons. The molecule has 0 saturated heterocycles. The number of anilines is 1. The molecular weight excluding hydrogens is 200 g/mol. The minimum atomic E-state index is -0.113. The van der Waals surface area contributed by atoms with E-state index in [1.165, 1.54) is 6.08 Å². The zero-order valence-corrected chi connectivity index (χ0v) is 10.0. The molecule has 1 aromatic rings. The summed E-state index contributed by atoms with van der Waals surface area (Å²) in [5, 5.41) is 2.83. The molecule has 3 nitrogen and oxygen atoms in total. The molecule has 1 rings (SSSR count). The highest BCUT2D eigenvalue weighted by molar-refractivity contribution is 5.99. The van der Waals surface area contributed by atoms with Gasteiger partial charge in [-0.2, -0.15) is 0 Å². The molecular formula is C13H18N2O. The van der Waals surface area contributed by atoms with Crippen LogP contribution in [-0.2, 0) is 11.3 Å². The quantitative estimate of drug-likeness (QED) is 0.765. The van der Waals surface area contributed by atoms with Gasteiger partial charge in [-0.25, -0.2) is 0 Å². The van der Waals surface area contributed by atoms with E-state index in [2.05, 4.69) is 5.32 Å². The fourth-order valence-corrected chi connectivity index (χ4v) is 1.67. The van der Waals surface area contributed by atoms with Crippen LogP contribution in [0.15, 0.2) is 24.3 Å². The third kappa shape index (κ3) is 2.70. The van der Waals surface area contributed by atoms with Crippen molar-refractivity contribution < 1.29 is 4.79 Å². The molecule has 0 atom stereocenters. The number of allylic oxidation sites excluding steroid dienone is 1. The van der Waals surface area contributed by atoms with Crippen molar-refractivity contribution in [3.05, 3.63) is 41.0 Å². The molecule has 3 heteroatoms. The lowest BCUT2D eigenvalue weighted by atomic mass is 10.0. The Labute approximate surface area is 96.3 Å². The topological polar surface area (TPSA) is 55.1 Å². The minimum absolute atomic E-state index is 0.113. The standard InChI is InChI=1S/C13H18N2O/c1-4-5-13(16)15-12-7-6-9(2)11(8-14)10(12)3/h4-7H,8,14H2,1-3H3,(H,15,16)/b5-4+. The molecule has 0 aliphatic heterocycles. The molecule has 0 aliphatic rings. The second-order valence-corrected chi connectivity index (χ2v) is 3.73. The Kier molecular flexibility index (Phi) is 4.26. The molecule has 1 amide bonds. The van der Waals surface area contributed by atoms with E-state index >= 15 is 0 Å². The van der Waals surface area contributed by atoms with Crippen LogP contribution < -0.4 is 11.1 Å². The van der Waals surface area contributed by atoms with Crippen LogP contribution in [0.3, 0.4) is 0 Å². The molecule has 0 unspecified atom stereocenters. The predicted molar refractivity (Wildman–Crippen MR) is 67.3 cm³/mol. The molecule has 0 aromatic heterocycles. The number of nitrogens with one attached hydrogen (secondary N) is 1. The molecule has 1 aromatic carbocycles. The van der Waals surface area contributed by atoms with E-state index in [9.17, 15) is 4.79 Å². The first-order valence-electron chi connectivity index (χ1n) is 5.33. The van der Waals surface area contributed by atoms with Crippen LogP contribution >= 0.6 is 0 Å². The van der Waals surface area contributed by atoms with E-state index in [0.29, 0.717) is 6.54 Å². The van der Waals surface area contributed by atoms with Gasteiger partial charge in [0.2, 0.25) is 5.91 Å². The molecule has 3 N–H and O–H groups in total. The Morgan fingerprint density at radius 1 is 1.44 bits per heavy atom. The number of nitrogens with two attached hydrogens (primary N) is 1. The van der Waals surface area contributed by atoms with Crippen LogP contribution in [-0.4, -0.2) is 5.91 Å². The molecule has 0 heterocycles. The van der Waals surface area contributed by atoms with Crippen molar-refractivity contribution in [2.45, 2.75) is 27.3 Å². The first-order valence-corrected chi connectivity index (χ1v) is 5.33. The van der Waals surface area contributed by atoms with Gasteiger partial charge < -0.3 is 11.1 Å². The molecule has 0 spiro atoms. The normalized spacial score (nSPS) is 10.8. The number of hydrogen-bond donors (Lipinski definition) is 2. The van der Waals surface area contributed by atoms with E-state index in [1.54, 1.807) is 6.08 Å². The number of amides is 1. The number of carbonyl (C=O) groups excluding carboxylic acids is 1. The van der Waals surface area contributed by atoms with Crippen molar-refractivity contribution in [2.24, 2.45) is 5.73 Å². The first kappa shape index (κ1) is 12.5. The van der Waals surface area contributed by atoms with Gasteiger partial charge in [-0.15, -0.1) is 0 Å². The van der Waals surface area contributed by atoms with Gasteiger partial charge in [0.1, 0.15) is 0 Å². The third-order valence-electron chi connectivity index (χ3n) is 2.61. The summed E-state index contributed by atoms with van der Waals surface area (Å²) in [7, 11) is 0. The largest absolute Gasteiger partial charge is 0.326 e. The highest BCUT2D eigenvalue weighted by Gasteiger charge is 2.07. The summed E-state index contributed by atoms with van der Waals surface area (Å²) in [5.41, 5.74) is 9.81. The summed E-state index contributed by atoms with van der Waals surface area (Å²) < 4.78 is 0. The number of hydrogen-bond acceptors (Lipinski definition) is 2. The molecule has 0 saturated carbocycles. The minimum Gasteiger partial charge on any atom is -0.326 e. The SMILES string of the molecule is C/C=C/C(=O)Nc1ccc(C)c(CN)c1C. The molecule has 16 heavy (non-hydrogen) atoms. The lowest BCUT2D eigenvalue weighted by Gasteiger charge is -2.13. The van der Waals surface area contributed by atoms with Crippen molar-refractivity contribution >= 4 is 11.6 Å². The Morgan fingerprint density at radius 2 is 2.12 bits per heavy atom. The lowest BCUT2D eigenvalue weighted by molar-refractivity contribution is -0.111. The highest BCUT2D eigenvalue weighted by atomic mass is 16.1. The van der Waals surface area contributed by atoms with Gasteiger partial charge >= 0.3 is 0 Å². The summed E-state index contributed by atoms with van der Waals surface area (Å²) in [4.78, 5) is 11.4. The smallest absolute Gasteiger partial charge is 0.248 e. The molecule has 0 fully saturated rings. The Morgan fingerprint density at radius 3 is 2.69 bits per heavy atom. The monoisotopic (exact) mass is 218 g/mol. The van der Waals surface area contributed by atoms with Crippen LogP contribution in [0.2, 0.25) is 0 Å². The highest BCUT2D eigenvalue weighted by Crippen LogP contribution is 2.22. The van der Waals surface area contributed by atoms with Gasteiger partial charge in [0.15, 0.2) is 0 Å². The van der Waals surface area contributed by atoms with Crippen molar-refractivity contribution in [3.63, 3.8) is 0 Å². The van der Waals surface area contributed by atoms with E-state index in [-0.39, 0.29) is 5.91 Å². The van der Waals surface area contributed by atoms with Crippen LogP contribution in [0.5, 0.6) is 0 Å². The number of aryl methyl sites for hydroxylation is 1. The zero-order chi connectivity index (χ0) is 12.1. The average Bonchev–Trinajstić information content (AvgIpc) is 2.23. The van der Waals surface area contributed by atoms with E-state index < -0.39 is 0 Å². The Bertz CT molecular complexity index is 422. The van der Waals surface area contributed by atoms with Gasteiger partial charge in [0, 0.05) is 12.2 Å². The summed E-state index contributed by atoms with van der Waals surface area (Å²) >= 11 is 0.